The van der Waals surface area contributed by atoms with Crippen LogP contribution in [-0.2, 0) is 6.54 Å². The SMILES string of the molecule is Nc1c(C(=O)NCc2cn[nH]c2-c2ccccc2)[nH]c(=O)[nH]c1=O. The number of nitrogens with one attached hydrogen (secondary N) is 4. The van der Waals surface area contributed by atoms with Crippen molar-refractivity contribution in [3.05, 3.63) is 68.6 Å². The highest BCUT2D eigenvalue weighted by molar-refractivity contribution is 5.96. The van der Waals surface area contributed by atoms with Crippen LogP contribution in [-0.4, -0.2) is 26.1 Å². The number of nitrogens with two attached hydrogens (primary N) is 1. The molecule has 2 heterocycles. The molecule has 0 radical (unpaired) electrons. The van der Waals surface area contributed by atoms with E-state index in [1.807, 2.05) is 35.3 Å². The van der Waals surface area contributed by atoms with Gasteiger partial charge in [-0.15, -0.1) is 0 Å². The van der Waals surface area contributed by atoms with E-state index >= 15 is 0 Å². The smallest absolute Gasteiger partial charge is 0.326 e. The zero-order valence-corrected chi connectivity index (χ0v) is 12.4. The van der Waals surface area contributed by atoms with E-state index in [-0.39, 0.29) is 17.9 Å². The van der Waals surface area contributed by atoms with E-state index in [4.69, 9.17) is 5.73 Å². The van der Waals surface area contributed by atoms with Gasteiger partial charge in [0.15, 0.2) is 0 Å². The number of rotatable bonds is 4. The lowest BCUT2D eigenvalue weighted by molar-refractivity contribution is 0.0946. The van der Waals surface area contributed by atoms with E-state index in [0.29, 0.717) is 0 Å². The second-order valence-electron chi connectivity index (χ2n) is 5.02. The van der Waals surface area contributed by atoms with Gasteiger partial charge in [-0.1, -0.05) is 30.3 Å². The Morgan fingerprint density at radius 2 is 1.92 bits per heavy atom. The lowest BCUT2D eigenvalue weighted by Crippen LogP contribution is -2.33. The van der Waals surface area contributed by atoms with Crippen LogP contribution in [0.15, 0.2) is 46.1 Å². The zero-order chi connectivity index (χ0) is 17.1. The minimum atomic E-state index is -0.808. The maximum absolute atomic E-state index is 12.2. The number of H-pyrrole nitrogens is 3. The largest absolute Gasteiger partial charge is 0.392 e. The van der Waals surface area contributed by atoms with Crippen LogP contribution >= 0.6 is 0 Å². The molecule has 1 aromatic carbocycles. The summed E-state index contributed by atoms with van der Waals surface area (Å²) in [7, 11) is 0. The number of amides is 1. The number of benzene rings is 1. The number of nitrogens with zero attached hydrogens (tertiary/aromatic N) is 1. The standard InChI is InChI=1S/C15H14N6O3/c16-10-12(19-15(24)20-13(10)22)14(23)17-6-9-7-18-21-11(9)8-4-2-1-3-5-8/h1-5,7H,6,16H2,(H,17,23)(H,18,21)(H2,19,20,22,24). The molecule has 0 bridgehead atoms. The van der Waals surface area contributed by atoms with Gasteiger partial charge in [-0.05, 0) is 5.56 Å². The molecule has 6 N–H and O–H groups in total. The van der Waals surface area contributed by atoms with Crippen molar-refractivity contribution in [2.24, 2.45) is 0 Å². The van der Waals surface area contributed by atoms with Crippen molar-refractivity contribution < 1.29 is 4.79 Å². The van der Waals surface area contributed by atoms with Gasteiger partial charge in [0.05, 0.1) is 11.9 Å². The van der Waals surface area contributed by atoms with Crippen LogP contribution < -0.4 is 22.3 Å². The van der Waals surface area contributed by atoms with E-state index in [2.05, 4.69) is 20.5 Å². The molecule has 9 nitrogen and oxygen atoms in total. The van der Waals surface area contributed by atoms with Gasteiger partial charge < -0.3 is 16.0 Å². The maximum Gasteiger partial charge on any atom is 0.326 e. The van der Waals surface area contributed by atoms with Gasteiger partial charge in [0.25, 0.3) is 11.5 Å². The molecule has 0 atom stereocenters. The minimum Gasteiger partial charge on any atom is -0.392 e. The van der Waals surface area contributed by atoms with Gasteiger partial charge in [-0.25, -0.2) is 4.79 Å². The normalized spacial score (nSPS) is 10.5. The average molecular weight is 326 g/mol. The first-order valence-electron chi connectivity index (χ1n) is 7.04. The number of nitrogen functional groups attached to an aromatic ring is 1. The van der Waals surface area contributed by atoms with Crippen LogP contribution in [0.5, 0.6) is 0 Å². The number of hydrogen-bond acceptors (Lipinski definition) is 5. The van der Waals surface area contributed by atoms with E-state index in [9.17, 15) is 14.4 Å². The third kappa shape index (κ3) is 2.95. The fourth-order valence-electron chi connectivity index (χ4n) is 2.24. The van der Waals surface area contributed by atoms with E-state index in [1.54, 1.807) is 6.20 Å². The molecule has 0 unspecified atom stereocenters. The van der Waals surface area contributed by atoms with Crippen LogP contribution in [0.4, 0.5) is 5.69 Å². The number of carbonyl (C=O) groups excluding carboxylic acids is 1. The summed E-state index contributed by atoms with van der Waals surface area (Å²) < 4.78 is 0. The topological polar surface area (TPSA) is 150 Å². The molecule has 122 valence electrons. The number of carbonyl (C=O) groups is 1. The monoisotopic (exact) mass is 326 g/mol. The highest BCUT2D eigenvalue weighted by Gasteiger charge is 2.15. The van der Waals surface area contributed by atoms with Gasteiger partial charge in [0, 0.05) is 12.1 Å². The summed E-state index contributed by atoms with van der Waals surface area (Å²) in [4.78, 5) is 39.1. The first kappa shape index (κ1) is 15.3. The number of anilines is 1. The molecule has 0 spiro atoms. The lowest BCUT2D eigenvalue weighted by Gasteiger charge is -2.07. The molecule has 0 aliphatic rings. The maximum atomic E-state index is 12.2. The van der Waals surface area contributed by atoms with Crippen LogP contribution in [0.2, 0.25) is 0 Å². The van der Waals surface area contributed by atoms with Crippen LogP contribution in [0, 0.1) is 0 Å². The highest BCUT2D eigenvalue weighted by atomic mass is 16.2. The van der Waals surface area contributed by atoms with Crippen molar-refractivity contribution in [3.8, 4) is 11.3 Å². The predicted octanol–water partition coefficient (Wildman–Crippen LogP) is -0.0345. The van der Waals surface area contributed by atoms with Gasteiger partial charge in [-0.3, -0.25) is 19.7 Å². The molecule has 2 aromatic heterocycles. The first-order chi connectivity index (χ1) is 11.6. The lowest BCUT2D eigenvalue weighted by atomic mass is 10.1. The molecule has 3 aromatic rings. The third-order valence-electron chi connectivity index (χ3n) is 3.43. The summed E-state index contributed by atoms with van der Waals surface area (Å²) in [6.45, 7) is 0.147. The highest BCUT2D eigenvalue weighted by Crippen LogP contribution is 2.20. The van der Waals surface area contributed by atoms with Gasteiger partial charge in [0.1, 0.15) is 11.4 Å². The van der Waals surface area contributed by atoms with Gasteiger partial charge >= 0.3 is 5.69 Å². The van der Waals surface area contributed by atoms with Crippen molar-refractivity contribution in [2.75, 3.05) is 5.73 Å². The molecule has 24 heavy (non-hydrogen) atoms. The average Bonchev–Trinajstić information content (AvgIpc) is 3.05. The zero-order valence-electron chi connectivity index (χ0n) is 12.4. The van der Waals surface area contributed by atoms with Crippen LogP contribution in [0.1, 0.15) is 16.1 Å². The molecule has 3 rings (SSSR count). The summed E-state index contributed by atoms with van der Waals surface area (Å²) in [6, 6.07) is 9.49. The second kappa shape index (κ2) is 6.24. The Hall–Kier alpha value is -3.62. The minimum absolute atomic E-state index is 0.147. The van der Waals surface area contributed by atoms with E-state index < -0.39 is 17.2 Å². The van der Waals surface area contributed by atoms with E-state index in [0.717, 1.165) is 16.8 Å². The fourth-order valence-corrected chi connectivity index (χ4v) is 2.24. The Morgan fingerprint density at radius 3 is 2.67 bits per heavy atom. The molecule has 1 amide bonds. The quantitative estimate of drug-likeness (QED) is 0.456. The number of hydrogen-bond donors (Lipinski definition) is 5. The van der Waals surface area contributed by atoms with E-state index in [1.165, 1.54) is 0 Å². The Labute approximate surface area is 134 Å². The van der Waals surface area contributed by atoms with Crippen molar-refractivity contribution in [1.29, 1.82) is 0 Å². The second-order valence-corrected chi connectivity index (χ2v) is 5.02. The fraction of sp³-hybridized carbons (Fsp3) is 0.0667. The predicted molar refractivity (Wildman–Crippen MR) is 87.3 cm³/mol. The molecule has 0 fully saturated rings. The molecule has 0 aliphatic heterocycles. The number of aromatic nitrogens is 4. The molecule has 0 aliphatic carbocycles. The van der Waals surface area contributed by atoms with Gasteiger partial charge in [0.2, 0.25) is 0 Å². The van der Waals surface area contributed by atoms with Crippen molar-refractivity contribution in [1.82, 2.24) is 25.5 Å². The Bertz CT molecular complexity index is 986. The van der Waals surface area contributed by atoms with Crippen LogP contribution in [0.25, 0.3) is 11.3 Å². The molecular weight excluding hydrogens is 312 g/mol. The Morgan fingerprint density at radius 1 is 1.17 bits per heavy atom. The summed E-state index contributed by atoms with van der Waals surface area (Å²) in [6.07, 6.45) is 1.59. The summed E-state index contributed by atoms with van der Waals surface area (Å²) >= 11 is 0. The number of aromatic amines is 3. The first-order valence-corrected chi connectivity index (χ1v) is 7.04. The molecule has 9 heteroatoms. The van der Waals surface area contributed by atoms with Gasteiger partial charge in [-0.2, -0.15) is 5.10 Å². The summed E-state index contributed by atoms with van der Waals surface area (Å²) in [5.74, 6) is -0.657. The third-order valence-corrected chi connectivity index (χ3v) is 3.43. The summed E-state index contributed by atoms with van der Waals surface area (Å²) in [5, 5.41) is 9.46. The van der Waals surface area contributed by atoms with Crippen molar-refractivity contribution >= 4 is 11.6 Å². The van der Waals surface area contributed by atoms with Crippen LogP contribution in [0.3, 0.4) is 0 Å². The molecule has 0 saturated heterocycles. The molecular formula is C15H14N6O3. The Balaban J connectivity index is 1.81. The summed E-state index contributed by atoms with van der Waals surface area (Å²) in [5.41, 5.74) is 5.74. The van der Waals surface area contributed by atoms with Crippen molar-refractivity contribution in [3.63, 3.8) is 0 Å². The molecule has 0 saturated carbocycles. The Kier molecular flexibility index (Phi) is 3.98. The van der Waals surface area contributed by atoms with Crippen molar-refractivity contribution in [2.45, 2.75) is 6.54 Å².